The van der Waals surface area contributed by atoms with Crippen LogP contribution in [0.15, 0.2) is 30.3 Å². The van der Waals surface area contributed by atoms with Gasteiger partial charge in [-0.05, 0) is 12.5 Å². The number of benzene rings is 1. The molecular formula is C12H13NO4. The van der Waals surface area contributed by atoms with E-state index in [1.165, 1.54) is 0 Å². The zero-order valence-corrected chi connectivity index (χ0v) is 9.41. The van der Waals surface area contributed by atoms with Gasteiger partial charge >= 0.3 is 5.97 Å². The molecule has 0 aromatic heterocycles. The summed E-state index contributed by atoms with van der Waals surface area (Å²) in [5.41, 5.74) is 0.888. The fourth-order valence-electron chi connectivity index (χ4n) is 1.72. The van der Waals surface area contributed by atoms with Crippen molar-refractivity contribution < 1.29 is 14.5 Å². The van der Waals surface area contributed by atoms with Crippen molar-refractivity contribution in [2.24, 2.45) is 5.92 Å². The highest BCUT2D eigenvalue weighted by atomic mass is 16.6. The molecule has 0 bridgehead atoms. The molecule has 0 heterocycles. The van der Waals surface area contributed by atoms with E-state index in [1.807, 2.05) is 30.3 Å². The summed E-state index contributed by atoms with van der Waals surface area (Å²) >= 11 is 0. The van der Waals surface area contributed by atoms with Crippen LogP contribution in [0.3, 0.4) is 0 Å². The summed E-state index contributed by atoms with van der Waals surface area (Å²) in [5.74, 6) is -1.03. The Morgan fingerprint density at radius 3 is 2.65 bits per heavy atom. The first-order valence-electron chi connectivity index (χ1n) is 5.48. The number of hydrogen-bond acceptors (Lipinski definition) is 4. The van der Waals surface area contributed by atoms with Crippen LogP contribution in [-0.4, -0.2) is 16.9 Å². The first-order valence-corrected chi connectivity index (χ1v) is 5.48. The van der Waals surface area contributed by atoms with E-state index in [0.717, 1.165) is 5.56 Å². The molecule has 0 radical (unpaired) electrons. The monoisotopic (exact) mass is 235 g/mol. The standard InChI is InChI=1S/C12H13NO4/c1-8(9-5-3-2-4-6-9)17-12(14)10-7-11(10)13(15)16/h2-6,8,10-11H,7H2,1H3. The lowest BCUT2D eigenvalue weighted by Gasteiger charge is -2.12. The zero-order valence-electron chi connectivity index (χ0n) is 9.41. The number of hydrogen-bond donors (Lipinski definition) is 0. The molecule has 2 rings (SSSR count). The van der Waals surface area contributed by atoms with E-state index < -0.39 is 22.9 Å². The van der Waals surface area contributed by atoms with Gasteiger partial charge < -0.3 is 4.74 Å². The predicted molar refractivity (Wildman–Crippen MR) is 59.8 cm³/mol. The van der Waals surface area contributed by atoms with Crippen LogP contribution in [0.2, 0.25) is 0 Å². The molecule has 1 aromatic carbocycles. The summed E-state index contributed by atoms with van der Waals surface area (Å²) in [4.78, 5) is 21.6. The van der Waals surface area contributed by atoms with Crippen molar-refractivity contribution in [3.63, 3.8) is 0 Å². The van der Waals surface area contributed by atoms with Crippen molar-refractivity contribution in [3.8, 4) is 0 Å². The van der Waals surface area contributed by atoms with Crippen LogP contribution < -0.4 is 0 Å². The molecule has 1 aliphatic carbocycles. The zero-order chi connectivity index (χ0) is 12.4. The summed E-state index contributed by atoms with van der Waals surface area (Å²) in [6, 6.07) is 8.56. The van der Waals surface area contributed by atoms with E-state index in [0.29, 0.717) is 6.42 Å². The van der Waals surface area contributed by atoms with Crippen LogP contribution in [-0.2, 0) is 9.53 Å². The molecule has 3 atom stereocenters. The molecule has 0 N–H and O–H groups in total. The smallest absolute Gasteiger partial charge is 0.316 e. The first kappa shape index (κ1) is 11.6. The van der Waals surface area contributed by atoms with E-state index in [1.54, 1.807) is 6.92 Å². The van der Waals surface area contributed by atoms with E-state index >= 15 is 0 Å². The Bertz CT molecular complexity index is 431. The van der Waals surface area contributed by atoms with Crippen LogP contribution in [0.4, 0.5) is 0 Å². The number of nitrogens with zero attached hydrogens (tertiary/aromatic N) is 1. The maximum absolute atomic E-state index is 11.6. The van der Waals surface area contributed by atoms with Crippen LogP contribution in [0.1, 0.15) is 25.0 Å². The topological polar surface area (TPSA) is 69.4 Å². The Labute approximate surface area is 98.5 Å². The number of nitro groups is 1. The van der Waals surface area contributed by atoms with Gasteiger partial charge in [-0.2, -0.15) is 0 Å². The first-order chi connectivity index (χ1) is 8.09. The Kier molecular flexibility index (Phi) is 3.08. The van der Waals surface area contributed by atoms with Gasteiger partial charge in [0, 0.05) is 11.3 Å². The Hall–Kier alpha value is -1.91. The Morgan fingerprint density at radius 1 is 1.47 bits per heavy atom. The summed E-state index contributed by atoms with van der Waals surface area (Å²) in [5, 5.41) is 10.4. The van der Waals surface area contributed by atoms with Gasteiger partial charge in [0.1, 0.15) is 12.0 Å². The third kappa shape index (κ3) is 2.61. The van der Waals surface area contributed by atoms with Crippen molar-refractivity contribution in [1.82, 2.24) is 0 Å². The van der Waals surface area contributed by atoms with E-state index in [4.69, 9.17) is 4.74 Å². The number of ether oxygens (including phenoxy) is 1. The van der Waals surface area contributed by atoms with Gasteiger partial charge in [0.05, 0.1) is 0 Å². The molecular weight excluding hydrogens is 222 g/mol. The minimum Gasteiger partial charge on any atom is -0.457 e. The molecule has 5 heteroatoms. The molecule has 5 nitrogen and oxygen atoms in total. The third-order valence-electron chi connectivity index (χ3n) is 2.89. The van der Waals surface area contributed by atoms with Crippen LogP contribution in [0, 0.1) is 16.0 Å². The Morgan fingerprint density at radius 2 is 2.12 bits per heavy atom. The lowest BCUT2D eigenvalue weighted by atomic mass is 10.1. The van der Waals surface area contributed by atoms with Crippen LogP contribution >= 0.6 is 0 Å². The Balaban J connectivity index is 1.90. The molecule has 0 saturated heterocycles. The highest BCUT2D eigenvalue weighted by Crippen LogP contribution is 2.35. The van der Waals surface area contributed by atoms with Gasteiger partial charge in [0.25, 0.3) is 0 Å². The lowest BCUT2D eigenvalue weighted by molar-refractivity contribution is -0.497. The SMILES string of the molecule is CC(OC(=O)C1CC1[N+](=O)[O-])c1ccccc1. The lowest BCUT2D eigenvalue weighted by Crippen LogP contribution is -2.15. The average Bonchev–Trinajstić information content (AvgIpc) is 3.10. The number of esters is 1. The summed E-state index contributed by atoms with van der Waals surface area (Å²) in [6.45, 7) is 1.76. The molecule has 0 amide bonds. The molecule has 90 valence electrons. The van der Waals surface area contributed by atoms with Gasteiger partial charge in [-0.1, -0.05) is 30.3 Å². The highest BCUT2D eigenvalue weighted by molar-refractivity contribution is 5.76. The maximum Gasteiger partial charge on any atom is 0.316 e. The van der Waals surface area contributed by atoms with Gasteiger partial charge in [0.15, 0.2) is 0 Å². The molecule has 1 fully saturated rings. The molecule has 0 aliphatic heterocycles. The second-order valence-corrected chi connectivity index (χ2v) is 4.18. The largest absolute Gasteiger partial charge is 0.457 e. The fourth-order valence-corrected chi connectivity index (χ4v) is 1.72. The minimum atomic E-state index is -0.745. The molecule has 1 aliphatic rings. The average molecular weight is 235 g/mol. The maximum atomic E-state index is 11.6. The van der Waals surface area contributed by atoms with Gasteiger partial charge in [0.2, 0.25) is 6.04 Å². The van der Waals surface area contributed by atoms with Crippen molar-refractivity contribution in [2.45, 2.75) is 25.5 Å². The van der Waals surface area contributed by atoms with Gasteiger partial charge in [-0.25, -0.2) is 0 Å². The number of carbonyl (C=O) groups is 1. The molecule has 17 heavy (non-hydrogen) atoms. The molecule has 1 saturated carbocycles. The van der Waals surface area contributed by atoms with E-state index in [-0.39, 0.29) is 6.10 Å². The summed E-state index contributed by atoms with van der Waals surface area (Å²) < 4.78 is 5.20. The minimum absolute atomic E-state index is 0.299. The normalized spacial score (nSPS) is 23.8. The number of rotatable bonds is 4. The molecule has 3 unspecified atom stereocenters. The van der Waals surface area contributed by atoms with Gasteiger partial charge in [-0.3, -0.25) is 14.9 Å². The van der Waals surface area contributed by atoms with Crippen molar-refractivity contribution in [1.29, 1.82) is 0 Å². The van der Waals surface area contributed by atoms with Crippen LogP contribution in [0.25, 0.3) is 0 Å². The van der Waals surface area contributed by atoms with Crippen molar-refractivity contribution in [2.75, 3.05) is 0 Å². The van der Waals surface area contributed by atoms with Gasteiger partial charge in [-0.15, -0.1) is 0 Å². The summed E-state index contributed by atoms with van der Waals surface area (Å²) in [7, 11) is 0. The predicted octanol–water partition coefficient (Wildman–Crippen LogP) is 1.96. The van der Waals surface area contributed by atoms with E-state index in [2.05, 4.69) is 0 Å². The fraction of sp³-hybridized carbons (Fsp3) is 0.417. The second kappa shape index (κ2) is 4.53. The van der Waals surface area contributed by atoms with Crippen molar-refractivity contribution >= 4 is 5.97 Å². The molecule has 0 spiro atoms. The summed E-state index contributed by atoms with van der Waals surface area (Å²) in [6.07, 6.45) is -0.0652. The molecule has 1 aromatic rings. The van der Waals surface area contributed by atoms with Crippen LogP contribution in [0.5, 0.6) is 0 Å². The number of carbonyl (C=O) groups excluding carboxylic acids is 1. The van der Waals surface area contributed by atoms with Crippen molar-refractivity contribution in [3.05, 3.63) is 46.0 Å². The third-order valence-corrected chi connectivity index (χ3v) is 2.89. The second-order valence-electron chi connectivity index (χ2n) is 4.18. The quantitative estimate of drug-likeness (QED) is 0.454. The highest BCUT2D eigenvalue weighted by Gasteiger charge is 2.54. The van der Waals surface area contributed by atoms with E-state index in [9.17, 15) is 14.9 Å².